The number of aromatic nitrogens is 1. The van der Waals surface area contributed by atoms with E-state index >= 15 is 0 Å². The first kappa shape index (κ1) is 11.5. The Bertz CT molecular complexity index is 277. The van der Waals surface area contributed by atoms with Crippen molar-refractivity contribution in [3.63, 3.8) is 0 Å². The van der Waals surface area contributed by atoms with Crippen LogP contribution in [0.15, 0.2) is 5.38 Å². The number of nitrogens with zero attached hydrogens (tertiary/aromatic N) is 2. The van der Waals surface area contributed by atoms with Crippen LogP contribution in [0.1, 0.15) is 10.7 Å². The number of thiazole rings is 1. The maximum atomic E-state index is 12.0. The van der Waals surface area contributed by atoms with Gasteiger partial charge in [0.15, 0.2) is 0 Å². The molecule has 0 unspecified atom stereocenters. The average molecular weight is 221 g/mol. The number of hydrogen-bond donors (Lipinski definition) is 1. The largest absolute Gasteiger partial charge is 0.325 e. The third kappa shape index (κ3) is 3.65. The third-order valence-corrected chi connectivity index (χ3v) is 2.58. The quantitative estimate of drug-likeness (QED) is 0.815. The molecule has 0 spiro atoms. The van der Waals surface area contributed by atoms with E-state index in [9.17, 15) is 8.78 Å². The molecular weight excluding hydrogens is 208 g/mol. The monoisotopic (exact) mass is 221 g/mol. The van der Waals surface area contributed by atoms with Crippen LogP contribution in [-0.2, 0) is 13.1 Å². The summed E-state index contributed by atoms with van der Waals surface area (Å²) in [7, 11) is 1.65. The summed E-state index contributed by atoms with van der Waals surface area (Å²) >= 11 is 1.46. The first-order valence-corrected chi connectivity index (χ1v) is 5.10. The van der Waals surface area contributed by atoms with Crippen LogP contribution in [0.5, 0.6) is 0 Å². The summed E-state index contributed by atoms with van der Waals surface area (Å²) in [5.41, 5.74) is 6.19. The summed E-state index contributed by atoms with van der Waals surface area (Å²) in [6, 6.07) is 0. The van der Waals surface area contributed by atoms with Gasteiger partial charge in [0, 0.05) is 18.5 Å². The van der Waals surface area contributed by atoms with Gasteiger partial charge in [0.05, 0.1) is 12.2 Å². The Morgan fingerprint density at radius 2 is 2.36 bits per heavy atom. The first-order chi connectivity index (χ1) is 6.61. The Balaban J connectivity index is 2.43. The molecule has 0 fully saturated rings. The van der Waals surface area contributed by atoms with Gasteiger partial charge in [0.2, 0.25) is 0 Å². The normalized spacial score (nSPS) is 11.6. The van der Waals surface area contributed by atoms with Gasteiger partial charge in [-0.05, 0) is 7.05 Å². The maximum Gasteiger partial charge on any atom is 0.251 e. The number of rotatable bonds is 5. The first-order valence-electron chi connectivity index (χ1n) is 4.22. The van der Waals surface area contributed by atoms with Crippen molar-refractivity contribution >= 4 is 11.3 Å². The minimum absolute atomic E-state index is 0.227. The minimum atomic E-state index is -2.30. The summed E-state index contributed by atoms with van der Waals surface area (Å²) in [6.07, 6.45) is -2.30. The van der Waals surface area contributed by atoms with E-state index in [1.165, 1.54) is 11.3 Å². The third-order valence-electron chi connectivity index (χ3n) is 1.66. The van der Waals surface area contributed by atoms with E-state index in [2.05, 4.69) is 4.98 Å². The van der Waals surface area contributed by atoms with Crippen molar-refractivity contribution in [2.75, 3.05) is 13.6 Å². The molecule has 0 bridgehead atoms. The van der Waals surface area contributed by atoms with Gasteiger partial charge in [-0.25, -0.2) is 13.8 Å². The van der Waals surface area contributed by atoms with E-state index in [1.54, 1.807) is 11.9 Å². The summed E-state index contributed by atoms with van der Waals surface area (Å²) in [4.78, 5) is 5.72. The smallest absolute Gasteiger partial charge is 0.251 e. The van der Waals surface area contributed by atoms with Crippen LogP contribution in [-0.4, -0.2) is 29.9 Å². The Kier molecular flexibility index (Phi) is 4.37. The summed E-state index contributed by atoms with van der Waals surface area (Å²) < 4.78 is 24.0. The van der Waals surface area contributed by atoms with Gasteiger partial charge in [-0.15, -0.1) is 11.3 Å². The number of halogens is 2. The molecule has 3 nitrogen and oxygen atoms in total. The zero-order valence-corrected chi connectivity index (χ0v) is 8.73. The van der Waals surface area contributed by atoms with E-state index in [-0.39, 0.29) is 6.54 Å². The fourth-order valence-electron chi connectivity index (χ4n) is 1.09. The van der Waals surface area contributed by atoms with E-state index < -0.39 is 6.43 Å². The van der Waals surface area contributed by atoms with Crippen LogP contribution < -0.4 is 5.73 Å². The maximum absolute atomic E-state index is 12.0. The fourth-order valence-corrected chi connectivity index (χ4v) is 1.76. The van der Waals surface area contributed by atoms with E-state index in [4.69, 9.17) is 5.73 Å². The molecule has 0 radical (unpaired) electrons. The Morgan fingerprint density at radius 3 is 2.86 bits per heavy atom. The molecule has 0 saturated carbocycles. The topological polar surface area (TPSA) is 42.1 Å². The van der Waals surface area contributed by atoms with Crippen LogP contribution >= 0.6 is 11.3 Å². The second-order valence-electron chi connectivity index (χ2n) is 3.02. The van der Waals surface area contributed by atoms with Gasteiger partial charge in [0.25, 0.3) is 6.43 Å². The predicted molar refractivity (Wildman–Crippen MR) is 52.3 cm³/mol. The molecular formula is C8H13F2N3S. The molecule has 0 aliphatic rings. The lowest BCUT2D eigenvalue weighted by atomic mass is 10.4. The van der Waals surface area contributed by atoms with Crippen molar-refractivity contribution in [1.82, 2.24) is 9.88 Å². The molecule has 1 aromatic rings. The van der Waals surface area contributed by atoms with Gasteiger partial charge < -0.3 is 5.73 Å². The van der Waals surface area contributed by atoms with Crippen LogP contribution in [0.3, 0.4) is 0 Å². The molecule has 0 atom stereocenters. The number of alkyl halides is 2. The molecule has 0 aromatic carbocycles. The lowest BCUT2D eigenvalue weighted by molar-refractivity contribution is 0.0971. The summed E-state index contributed by atoms with van der Waals surface area (Å²) in [6.45, 7) is 0.625. The standard InChI is InChI=1S/C8H13F2N3S/c1-13(4-7(9)10)3-6-5-14-8(2-11)12-6/h5,7H,2-4,11H2,1H3. The van der Waals surface area contributed by atoms with Gasteiger partial charge in [-0.1, -0.05) is 0 Å². The van der Waals surface area contributed by atoms with Crippen molar-refractivity contribution in [1.29, 1.82) is 0 Å². The van der Waals surface area contributed by atoms with Gasteiger partial charge in [-0.2, -0.15) is 0 Å². The van der Waals surface area contributed by atoms with E-state index in [1.807, 2.05) is 5.38 Å². The Hall–Kier alpha value is -0.590. The molecule has 2 N–H and O–H groups in total. The summed E-state index contributed by atoms with van der Waals surface area (Å²) in [5, 5.41) is 2.69. The molecule has 1 aromatic heterocycles. The molecule has 1 heterocycles. The molecule has 14 heavy (non-hydrogen) atoms. The highest BCUT2D eigenvalue weighted by molar-refractivity contribution is 7.09. The number of hydrogen-bond acceptors (Lipinski definition) is 4. The van der Waals surface area contributed by atoms with Crippen LogP contribution in [0.4, 0.5) is 8.78 Å². The highest BCUT2D eigenvalue weighted by Gasteiger charge is 2.09. The van der Waals surface area contributed by atoms with Crippen LogP contribution in [0.2, 0.25) is 0 Å². The molecule has 0 amide bonds. The van der Waals surface area contributed by atoms with Gasteiger partial charge >= 0.3 is 0 Å². The zero-order valence-electron chi connectivity index (χ0n) is 7.91. The minimum Gasteiger partial charge on any atom is -0.325 e. The molecule has 6 heteroatoms. The fraction of sp³-hybridized carbons (Fsp3) is 0.625. The predicted octanol–water partition coefficient (Wildman–Crippen LogP) is 1.30. The van der Waals surface area contributed by atoms with E-state index in [0.717, 1.165) is 10.7 Å². The van der Waals surface area contributed by atoms with Crippen molar-refractivity contribution in [2.24, 2.45) is 5.73 Å². The van der Waals surface area contributed by atoms with Crippen molar-refractivity contribution in [3.05, 3.63) is 16.1 Å². The second kappa shape index (κ2) is 5.33. The SMILES string of the molecule is CN(Cc1csc(CN)n1)CC(F)F. The molecule has 1 rings (SSSR count). The second-order valence-corrected chi connectivity index (χ2v) is 3.97. The van der Waals surface area contributed by atoms with Gasteiger partial charge in [0.1, 0.15) is 5.01 Å². The van der Waals surface area contributed by atoms with Crippen molar-refractivity contribution in [2.45, 2.75) is 19.5 Å². The Labute approximate surface area is 85.5 Å². The number of nitrogens with two attached hydrogens (primary N) is 1. The summed E-state index contributed by atoms with van der Waals surface area (Å²) in [5.74, 6) is 0. The van der Waals surface area contributed by atoms with Crippen molar-refractivity contribution < 1.29 is 8.78 Å². The average Bonchev–Trinajstić information content (AvgIpc) is 2.50. The van der Waals surface area contributed by atoms with Crippen LogP contribution in [0.25, 0.3) is 0 Å². The highest BCUT2D eigenvalue weighted by Crippen LogP contribution is 2.10. The van der Waals surface area contributed by atoms with Crippen LogP contribution in [0, 0.1) is 0 Å². The molecule has 0 aliphatic heterocycles. The Morgan fingerprint density at radius 1 is 1.64 bits per heavy atom. The lowest BCUT2D eigenvalue weighted by Crippen LogP contribution is -2.24. The molecule has 0 saturated heterocycles. The zero-order chi connectivity index (χ0) is 10.6. The molecule has 80 valence electrons. The lowest BCUT2D eigenvalue weighted by Gasteiger charge is -2.13. The van der Waals surface area contributed by atoms with Crippen molar-refractivity contribution in [3.8, 4) is 0 Å². The highest BCUT2D eigenvalue weighted by atomic mass is 32.1. The van der Waals surface area contributed by atoms with E-state index in [0.29, 0.717) is 13.1 Å². The van der Waals surface area contributed by atoms with Gasteiger partial charge in [-0.3, -0.25) is 4.90 Å². The molecule has 0 aliphatic carbocycles.